The second-order valence-electron chi connectivity index (χ2n) is 5.48. The van der Waals surface area contributed by atoms with Crippen LogP contribution in [0.2, 0.25) is 0 Å². The first kappa shape index (κ1) is 17.7. The first-order chi connectivity index (χ1) is 12.0. The van der Waals surface area contributed by atoms with Crippen LogP contribution in [-0.4, -0.2) is 31.5 Å². The molecule has 3 rings (SSSR count). The zero-order chi connectivity index (χ0) is 17.8. The Kier molecular flexibility index (Phi) is 5.52. The number of aliphatic hydroxyl groups is 1. The summed E-state index contributed by atoms with van der Waals surface area (Å²) >= 11 is 2.94. The summed E-state index contributed by atoms with van der Waals surface area (Å²) in [6.07, 6.45) is -0.569. The summed E-state index contributed by atoms with van der Waals surface area (Å²) in [6.45, 7) is 1.69. The summed E-state index contributed by atoms with van der Waals surface area (Å²) in [5, 5.41) is 23.5. The van der Waals surface area contributed by atoms with E-state index < -0.39 is 6.10 Å². The normalized spacial score (nSPS) is 12.1. The van der Waals surface area contributed by atoms with E-state index in [1.807, 2.05) is 35.2 Å². The van der Waals surface area contributed by atoms with Crippen LogP contribution in [0.15, 0.2) is 46.9 Å². The highest BCUT2D eigenvalue weighted by Gasteiger charge is 2.13. The fraction of sp³-hybridized carbons (Fsp3) is 0.235. The largest absolute Gasteiger partial charge is 0.389 e. The van der Waals surface area contributed by atoms with Gasteiger partial charge in [0.15, 0.2) is 11.0 Å². The molecule has 8 heteroatoms. The van der Waals surface area contributed by atoms with Gasteiger partial charge in [0.05, 0.1) is 16.7 Å². The predicted molar refractivity (Wildman–Crippen MR) is 101 cm³/mol. The molecular formula is C17H18N4O2S2. The van der Waals surface area contributed by atoms with Gasteiger partial charge in [0.2, 0.25) is 5.91 Å². The van der Waals surface area contributed by atoms with Crippen LogP contribution in [0.4, 0.5) is 5.69 Å². The van der Waals surface area contributed by atoms with Crippen molar-refractivity contribution in [2.45, 2.75) is 18.2 Å². The van der Waals surface area contributed by atoms with E-state index in [1.165, 1.54) is 11.8 Å². The molecule has 0 unspecified atom stereocenters. The lowest BCUT2D eigenvalue weighted by atomic mass is 10.1. The molecule has 25 heavy (non-hydrogen) atoms. The molecular weight excluding hydrogens is 356 g/mol. The standard InChI is InChI=1S/C17H18N4O2S2/c1-11(22)12-5-3-6-13(9-12)18-15(23)10-25-17-20-19-16(21(17)2)14-7-4-8-24-14/h3-9,11,22H,10H2,1-2H3,(H,18,23)/t11-/m0/s1. The van der Waals surface area contributed by atoms with E-state index in [-0.39, 0.29) is 11.7 Å². The van der Waals surface area contributed by atoms with Crippen molar-refractivity contribution in [2.24, 2.45) is 7.05 Å². The highest BCUT2D eigenvalue weighted by Crippen LogP contribution is 2.26. The average Bonchev–Trinajstić information content (AvgIpc) is 3.23. The van der Waals surface area contributed by atoms with E-state index in [4.69, 9.17) is 0 Å². The molecule has 3 aromatic rings. The lowest BCUT2D eigenvalue weighted by Gasteiger charge is -2.09. The maximum Gasteiger partial charge on any atom is 0.234 e. The molecule has 0 aliphatic heterocycles. The van der Waals surface area contributed by atoms with Crippen LogP contribution in [0.25, 0.3) is 10.7 Å². The van der Waals surface area contributed by atoms with Crippen molar-refractivity contribution in [3.05, 3.63) is 47.3 Å². The van der Waals surface area contributed by atoms with Crippen molar-refractivity contribution < 1.29 is 9.90 Å². The lowest BCUT2D eigenvalue weighted by molar-refractivity contribution is -0.113. The Morgan fingerprint density at radius 2 is 2.20 bits per heavy atom. The van der Waals surface area contributed by atoms with E-state index >= 15 is 0 Å². The molecule has 0 saturated carbocycles. The summed E-state index contributed by atoms with van der Waals surface area (Å²) in [5.74, 6) is 0.894. The van der Waals surface area contributed by atoms with Crippen molar-refractivity contribution in [1.82, 2.24) is 14.8 Å². The third kappa shape index (κ3) is 4.28. The van der Waals surface area contributed by atoms with Crippen molar-refractivity contribution in [3.8, 4) is 10.7 Å². The van der Waals surface area contributed by atoms with Crippen LogP contribution in [0.1, 0.15) is 18.6 Å². The van der Waals surface area contributed by atoms with E-state index in [9.17, 15) is 9.90 Å². The Labute approximate surface area is 153 Å². The van der Waals surface area contributed by atoms with Crippen LogP contribution in [0.5, 0.6) is 0 Å². The zero-order valence-corrected chi connectivity index (χ0v) is 15.5. The van der Waals surface area contributed by atoms with Crippen LogP contribution in [0.3, 0.4) is 0 Å². The maximum atomic E-state index is 12.2. The molecule has 0 fully saturated rings. The molecule has 2 heterocycles. The molecule has 1 aromatic carbocycles. The van der Waals surface area contributed by atoms with Crippen LogP contribution >= 0.6 is 23.1 Å². The number of aliphatic hydroxyl groups excluding tert-OH is 1. The number of anilines is 1. The molecule has 0 bridgehead atoms. The maximum absolute atomic E-state index is 12.2. The SMILES string of the molecule is C[C@H](O)c1cccc(NC(=O)CSc2nnc(-c3cccs3)n2C)c1. The molecule has 130 valence electrons. The second-order valence-corrected chi connectivity index (χ2v) is 7.37. The number of carbonyl (C=O) groups excluding carboxylic acids is 1. The number of aromatic nitrogens is 3. The molecule has 1 atom stereocenters. The van der Waals surface area contributed by atoms with Crippen LogP contribution in [0, 0.1) is 0 Å². The van der Waals surface area contributed by atoms with Crippen molar-refractivity contribution in [3.63, 3.8) is 0 Å². The lowest BCUT2D eigenvalue weighted by Crippen LogP contribution is -2.14. The number of thiophene rings is 1. The van der Waals surface area contributed by atoms with Crippen molar-refractivity contribution >= 4 is 34.7 Å². The molecule has 0 spiro atoms. The van der Waals surface area contributed by atoms with E-state index in [2.05, 4.69) is 15.5 Å². The predicted octanol–water partition coefficient (Wildman–Crippen LogP) is 3.33. The molecule has 0 aliphatic carbocycles. The minimum Gasteiger partial charge on any atom is -0.389 e. The molecule has 0 aliphatic rings. The number of benzene rings is 1. The summed E-state index contributed by atoms with van der Waals surface area (Å²) in [6, 6.07) is 11.2. The van der Waals surface area contributed by atoms with Gasteiger partial charge < -0.3 is 15.0 Å². The van der Waals surface area contributed by atoms with Gasteiger partial charge in [-0.05, 0) is 36.1 Å². The average molecular weight is 374 g/mol. The number of hydrogen-bond donors (Lipinski definition) is 2. The van der Waals surface area contributed by atoms with Gasteiger partial charge in [-0.2, -0.15) is 0 Å². The van der Waals surface area contributed by atoms with Gasteiger partial charge in [0, 0.05) is 12.7 Å². The summed E-state index contributed by atoms with van der Waals surface area (Å²) < 4.78 is 1.89. The Balaban J connectivity index is 1.60. The van der Waals surface area contributed by atoms with E-state index in [0.717, 1.165) is 16.3 Å². The molecule has 1 amide bonds. The van der Waals surface area contributed by atoms with E-state index in [0.29, 0.717) is 10.8 Å². The number of nitrogens with zero attached hydrogens (tertiary/aromatic N) is 3. The quantitative estimate of drug-likeness (QED) is 0.647. The molecule has 0 saturated heterocycles. The number of thioether (sulfide) groups is 1. The molecule has 2 N–H and O–H groups in total. The monoisotopic (exact) mass is 374 g/mol. The highest BCUT2D eigenvalue weighted by molar-refractivity contribution is 7.99. The Bertz CT molecular complexity index is 859. The Morgan fingerprint density at radius 3 is 2.92 bits per heavy atom. The number of hydrogen-bond acceptors (Lipinski definition) is 6. The molecule has 0 radical (unpaired) electrons. The number of carbonyl (C=O) groups is 1. The van der Waals surface area contributed by atoms with Crippen molar-refractivity contribution in [1.29, 1.82) is 0 Å². The van der Waals surface area contributed by atoms with Crippen molar-refractivity contribution in [2.75, 3.05) is 11.1 Å². The topological polar surface area (TPSA) is 80.0 Å². The highest BCUT2D eigenvalue weighted by atomic mass is 32.2. The van der Waals surface area contributed by atoms with Gasteiger partial charge in [-0.15, -0.1) is 21.5 Å². The zero-order valence-electron chi connectivity index (χ0n) is 13.8. The van der Waals surface area contributed by atoms with Gasteiger partial charge in [-0.25, -0.2) is 0 Å². The number of rotatable bonds is 6. The number of amides is 1. The summed E-state index contributed by atoms with van der Waals surface area (Å²) in [7, 11) is 1.89. The van der Waals surface area contributed by atoms with Gasteiger partial charge in [0.25, 0.3) is 0 Å². The third-order valence-electron chi connectivity index (χ3n) is 3.56. The smallest absolute Gasteiger partial charge is 0.234 e. The van der Waals surface area contributed by atoms with Gasteiger partial charge >= 0.3 is 0 Å². The third-order valence-corrected chi connectivity index (χ3v) is 5.45. The summed E-state index contributed by atoms with van der Waals surface area (Å²) in [5.41, 5.74) is 1.43. The van der Waals surface area contributed by atoms with Gasteiger partial charge in [-0.3, -0.25) is 4.79 Å². The Hall–Kier alpha value is -2.16. The first-order valence-electron chi connectivity index (χ1n) is 7.68. The minimum absolute atomic E-state index is 0.131. The van der Waals surface area contributed by atoms with Gasteiger partial charge in [-0.1, -0.05) is 30.0 Å². The van der Waals surface area contributed by atoms with Crippen LogP contribution in [-0.2, 0) is 11.8 Å². The minimum atomic E-state index is -0.569. The van der Waals surface area contributed by atoms with Gasteiger partial charge in [0.1, 0.15) is 0 Å². The Morgan fingerprint density at radius 1 is 1.36 bits per heavy atom. The second kappa shape index (κ2) is 7.81. The first-order valence-corrected chi connectivity index (χ1v) is 9.55. The van der Waals surface area contributed by atoms with Crippen LogP contribution < -0.4 is 5.32 Å². The summed E-state index contributed by atoms with van der Waals surface area (Å²) in [4.78, 5) is 13.2. The molecule has 2 aromatic heterocycles. The number of nitrogens with one attached hydrogen (secondary N) is 1. The van der Waals surface area contributed by atoms with E-state index in [1.54, 1.807) is 36.5 Å². The fourth-order valence-corrected chi connectivity index (χ4v) is 3.72. The fourth-order valence-electron chi connectivity index (χ4n) is 2.26. The molecule has 6 nitrogen and oxygen atoms in total.